The second kappa shape index (κ2) is 6.33. The number of sulfonamides is 1. The molecule has 0 aromatic carbocycles. The van der Waals surface area contributed by atoms with Gasteiger partial charge in [0.25, 0.3) is 0 Å². The number of unbranched alkanes of at least 4 members (excludes halogenated alkanes) is 1. The fourth-order valence-electron chi connectivity index (χ4n) is 4.27. The summed E-state index contributed by atoms with van der Waals surface area (Å²) in [5.41, 5.74) is -0.900. The number of likely N-dealkylation sites (tertiary alicyclic amines) is 1. The highest BCUT2D eigenvalue weighted by molar-refractivity contribution is 7.89. The predicted molar refractivity (Wildman–Crippen MR) is 87.6 cm³/mol. The van der Waals surface area contributed by atoms with Gasteiger partial charge in [-0.15, -0.1) is 0 Å². The molecule has 3 fully saturated rings. The standard InChI is InChI=1S/C16H28N2O4S/c1-2-3-7-23(21,22)18-10-14-9-17(8-13-5-4-6-13)11-16(14,12-18)15(19)20/h13-14H,2-12H2,1H3,(H,19,20)/t14-,16-/m1/s1. The maximum Gasteiger partial charge on any atom is 0.312 e. The van der Waals surface area contributed by atoms with Crippen LogP contribution in [0.1, 0.15) is 39.0 Å². The van der Waals surface area contributed by atoms with Gasteiger partial charge in [0.05, 0.1) is 11.2 Å². The first-order chi connectivity index (χ1) is 10.9. The largest absolute Gasteiger partial charge is 0.481 e. The third-order valence-electron chi connectivity index (χ3n) is 5.96. The minimum Gasteiger partial charge on any atom is -0.481 e. The molecule has 1 aliphatic carbocycles. The molecule has 0 amide bonds. The Morgan fingerprint density at radius 1 is 1.26 bits per heavy atom. The fourth-order valence-corrected chi connectivity index (χ4v) is 6.02. The molecule has 0 aromatic rings. The maximum atomic E-state index is 12.4. The van der Waals surface area contributed by atoms with Crippen molar-refractivity contribution in [3.05, 3.63) is 0 Å². The first-order valence-electron chi connectivity index (χ1n) is 8.81. The molecule has 2 aliphatic heterocycles. The highest BCUT2D eigenvalue weighted by atomic mass is 32.2. The van der Waals surface area contributed by atoms with Gasteiger partial charge in [0.15, 0.2) is 0 Å². The van der Waals surface area contributed by atoms with E-state index in [1.807, 2.05) is 6.92 Å². The Balaban J connectivity index is 1.69. The van der Waals surface area contributed by atoms with Crippen LogP contribution in [0.15, 0.2) is 0 Å². The van der Waals surface area contributed by atoms with Crippen LogP contribution in [-0.2, 0) is 14.8 Å². The molecule has 0 bridgehead atoms. The van der Waals surface area contributed by atoms with Crippen LogP contribution in [0.4, 0.5) is 0 Å². The molecule has 0 aromatic heterocycles. The molecule has 3 rings (SSSR count). The summed E-state index contributed by atoms with van der Waals surface area (Å²) < 4.78 is 26.3. The summed E-state index contributed by atoms with van der Waals surface area (Å²) in [5.74, 6) is -0.0510. The van der Waals surface area contributed by atoms with E-state index in [0.29, 0.717) is 25.4 Å². The van der Waals surface area contributed by atoms with Crippen LogP contribution in [0.25, 0.3) is 0 Å². The molecule has 1 N–H and O–H groups in total. The Hall–Kier alpha value is -0.660. The molecule has 2 saturated heterocycles. The van der Waals surface area contributed by atoms with Crippen molar-refractivity contribution in [1.82, 2.24) is 9.21 Å². The highest BCUT2D eigenvalue weighted by Gasteiger charge is 2.59. The number of carboxylic acids is 1. The number of fused-ring (bicyclic) bond motifs is 1. The third kappa shape index (κ3) is 3.15. The van der Waals surface area contributed by atoms with Crippen molar-refractivity contribution < 1.29 is 18.3 Å². The SMILES string of the molecule is CCCCS(=O)(=O)N1C[C@H]2CN(CC3CCC3)C[C@@]2(C(=O)O)C1. The molecule has 0 unspecified atom stereocenters. The molecule has 6 nitrogen and oxygen atoms in total. The Morgan fingerprint density at radius 2 is 2.00 bits per heavy atom. The van der Waals surface area contributed by atoms with Crippen LogP contribution in [0.2, 0.25) is 0 Å². The van der Waals surface area contributed by atoms with Crippen LogP contribution in [0.3, 0.4) is 0 Å². The van der Waals surface area contributed by atoms with E-state index in [0.717, 1.165) is 19.5 Å². The summed E-state index contributed by atoms with van der Waals surface area (Å²) in [4.78, 5) is 14.2. The Labute approximate surface area is 138 Å². The van der Waals surface area contributed by atoms with Crippen LogP contribution >= 0.6 is 0 Å². The molecule has 3 aliphatic rings. The fraction of sp³-hybridized carbons (Fsp3) is 0.938. The smallest absolute Gasteiger partial charge is 0.312 e. The van der Waals surface area contributed by atoms with Crippen molar-refractivity contribution in [2.75, 3.05) is 38.5 Å². The van der Waals surface area contributed by atoms with Gasteiger partial charge in [-0.1, -0.05) is 19.8 Å². The van der Waals surface area contributed by atoms with E-state index in [2.05, 4.69) is 4.90 Å². The lowest BCUT2D eigenvalue weighted by Gasteiger charge is -2.31. The van der Waals surface area contributed by atoms with E-state index < -0.39 is 21.4 Å². The van der Waals surface area contributed by atoms with Crippen molar-refractivity contribution >= 4 is 16.0 Å². The van der Waals surface area contributed by atoms with Gasteiger partial charge in [0.2, 0.25) is 10.0 Å². The Bertz CT molecular complexity index is 560. The van der Waals surface area contributed by atoms with E-state index in [4.69, 9.17) is 0 Å². The third-order valence-corrected chi connectivity index (χ3v) is 7.83. The van der Waals surface area contributed by atoms with Crippen LogP contribution < -0.4 is 0 Å². The molecule has 23 heavy (non-hydrogen) atoms. The molecule has 0 radical (unpaired) electrons. The first kappa shape index (κ1) is 17.2. The normalized spacial score (nSPS) is 32.8. The number of hydrogen-bond donors (Lipinski definition) is 1. The molecular formula is C16H28N2O4S. The Kier molecular flexibility index (Phi) is 4.73. The van der Waals surface area contributed by atoms with Crippen molar-refractivity contribution in [3.8, 4) is 0 Å². The van der Waals surface area contributed by atoms with Gasteiger partial charge in [-0.2, -0.15) is 0 Å². The number of hydrogen-bond acceptors (Lipinski definition) is 4. The average Bonchev–Trinajstić information content (AvgIpc) is 2.96. The number of carboxylic acid groups (broad SMARTS) is 1. The number of rotatable bonds is 7. The summed E-state index contributed by atoms with van der Waals surface area (Å²) in [7, 11) is -3.32. The lowest BCUT2D eigenvalue weighted by atomic mass is 9.81. The number of carbonyl (C=O) groups is 1. The molecule has 132 valence electrons. The lowest BCUT2D eigenvalue weighted by Crippen LogP contribution is -2.43. The second-order valence-electron chi connectivity index (χ2n) is 7.61. The van der Waals surface area contributed by atoms with Crippen molar-refractivity contribution in [2.45, 2.75) is 39.0 Å². The first-order valence-corrected chi connectivity index (χ1v) is 10.4. The van der Waals surface area contributed by atoms with Gasteiger partial charge >= 0.3 is 5.97 Å². The van der Waals surface area contributed by atoms with E-state index in [9.17, 15) is 18.3 Å². The van der Waals surface area contributed by atoms with Crippen LogP contribution in [-0.4, -0.2) is 67.2 Å². The van der Waals surface area contributed by atoms with E-state index in [-0.39, 0.29) is 18.2 Å². The molecule has 0 spiro atoms. The average molecular weight is 344 g/mol. The van der Waals surface area contributed by atoms with E-state index in [1.54, 1.807) is 0 Å². The monoisotopic (exact) mass is 344 g/mol. The molecule has 2 atom stereocenters. The predicted octanol–water partition coefficient (Wildman–Crippen LogP) is 1.23. The summed E-state index contributed by atoms with van der Waals surface area (Å²) >= 11 is 0. The molecule has 1 saturated carbocycles. The minimum atomic E-state index is -3.32. The number of aliphatic carboxylic acids is 1. The summed E-state index contributed by atoms with van der Waals surface area (Å²) in [6.45, 7) is 4.70. The van der Waals surface area contributed by atoms with Gasteiger partial charge < -0.3 is 10.0 Å². The van der Waals surface area contributed by atoms with Gasteiger partial charge in [0.1, 0.15) is 0 Å². The van der Waals surface area contributed by atoms with Gasteiger partial charge in [-0.05, 0) is 25.2 Å². The number of nitrogens with zero attached hydrogens (tertiary/aromatic N) is 2. The van der Waals surface area contributed by atoms with E-state index in [1.165, 1.54) is 23.6 Å². The molecular weight excluding hydrogens is 316 g/mol. The van der Waals surface area contributed by atoms with Crippen LogP contribution in [0.5, 0.6) is 0 Å². The van der Waals surface area contributed by atoms with Gasteiger partial charge in [-0.25, -0.2) is 12.7 Å². The van der Waals surface area contributed by atoms with Crippen LogP contribution in [0, 0.1) is 17.3 Å². The zero-order chi connectivity index (χ0) is 16.7. The van der Waals surface area contributed by atoms with Gasteiger partial charge in [-0.3, -0.25) is 4.79 Å². The topological polar surface area (TPSA) is 77.9 Å². The zero-order valence-electron chi connectivity index (χ0n) is 13.9. The highest BCUT2D eigenvalue weighted by Crippen LogP contribution is 2.44. The molecule has 2 heterocycles. The Morgan fingerprint density at radius 3 is 2.52 bits per heavy atom. The van der Waals surface area contributed by atoms with Crippen molar-refractivity contribution in [1.29, 1.82) is 0 Å². The van der Waals surface area contributed by atoms with E-state index >= 15 is 0 Å². The maximum absolute atomic E-state index is 12.4. The quantitative estimate of drug-likeness (QED) is 0.752. The minimum absolute atomic E-state index is 0.0727. The molecule has 7 heteroatoms. The van der Waals surface area contributed by atoms with Crippen molar-refractivity contribution in [2.24, 2.45) is 17.3 Å². The van der Waals surface area contributed by atoms with Crippen molar-refractivity contribution in [3.63, 3.8) is 0 Å². The summed E-state index contributed by atoms with van der Waals surface area (Å²) in [5, 5.41) is 9.81. The van der Waals surface area contributed by atoms with Gasteiger partial charge in [0, 0.05) is 38.6 Å². The zero-order valence-corrected chi connectivity index (χ0v) is 14.7. The summed E-state index contributed by atoms with van der Waals surface area (Å²) in [6.07, 6.45) is 5.25. The second-order valence-corrected chi connectivity index (χ2v) is 9.70. The lowest BCUT2D eigenvalue weighted by molar-refractivity contribution is -0.148. The summed E-state index contributed by atoms with van der Waals surface area (Å²) in [6, 6.07) is 0.